The van der Waals surface area contributed by atoms with Crippen molar-refractivity contribution in [1.29, 1.82) is 0 Å². The van der Waals surface area contributed by atoms with Gasteiger partial charge in [0.2, 0.25) is 17.3 Å². The third-order valence-corrected chi connectivity index (χ3v) is 11.6. The molecule has 10 atom stereocenters. The van der Waals surface area contributed by atoms with E-state index in [1.807, 2.05) is 0 Å². The molecule has 0 spiro atoms. The normalized spacial score (nSPS) is 37.7. The molecule has 4 aromatic heterocycles. The van der Waals surface area contributed by atoms with E-state index in [2.05, 4.69) is 54.7 Å². The molecule has 4 aromatic rings. The molecule has 2 unspecified atom stereocenters. The van der Waals surface area contributed by atoms with Crippen molar-refractivity contribution in [2.24, 2.45) is 0 Å². The van der Waals surface area contributed by atoms with Gasteiger partial charge in [-0.15, -0.1) is 5.10 Å². The first-order valence-corrected chi connectivity index (χ1v) is 20.5. The molecule has 7 heterocycles. The van der Waals surface area contributed by atoms with Gasteiger partial charge in [-0.05, 0) is 29.7 Å². The summed E-state index contributed by atoms with van der Waals surface area (Å²) in [6.07, 6.45) is -9.01. The molecule has 242 valence electrons. The zero-order chi connectivity index (χ0) is 31.8. The summed E-state index contributed by atoms with van der Waals surface area (Å²) >= 11 is 19.7. The number of hydrogen-bond donors (Lipinski definition) is 5. The fourth-order valence-corrected chi connectivity index (χ4v) is 9.08. The average molecular weight is 743 g/mol. The van der Waals surface area contributed by atoms with Gasteiger partial charge in [0.1, 0.15) is 29.9 Å². The van der Waals surface area contributed by atoms with E-state index in [0.29, 0.717) is 11.2 Å². The Morgan fingerprint density at radius 3 is 2.40 bits per heavy atom. The van der Waals surface area contributed by atoms with Crippen LogP contribution in [0.5, 0.6) is 0 Å². The molecule has 0 radical (unpaired) electrons. The number of imidazole rings is 1. The first-order valence-electron chi connectivity index (χ1n) is 12.9. The van der Waals surface area contributed by atoms with Crippen LogP contribution in [0.2, 0.25) is 0 Å². The molecule has 3 saturated heterocycles. The highest BCUT2D eigenvalue weighted by Gasteiger charge is 2.53. The second-order valence-corrected chi connectivity index (χ2v) is 20.5. The van der Waals surface area contributed by atoms with Crippen LogP contribution >= 0.6 is 35.9 Å². The summed E-state index contributed by atoms with van der Waals surface area (Å²) in [6, 6.07) is 1.56. The van der Waals surface area contributed by atoms with Crippen molar-refractivity contribution in [2.45, 2.75) is 49.2 Å². The lowest BCUT2D eigenvalue weighted by Crippen LogP contribution is -2.33. The van der Waals surface area contributed by atoms with Gasteiger partial charge >= 0.3 is 0 Å². The average Bonchev–Trinajstić information content (AvgIpc) is 3.72. The molecule has 5 N–H and O–H groups in total. The van der Waals surface area contributed by atoms with Gasteiger partial charge in [0.05, 0.1) is 25.2 Å². The van der Waals surface area contributed by atoms with Crippen molar-refractivity contribution in [1.82, 2.24) is 39.5 Å². The second-order valence-electron chi connectivity index (χ2n) is 10.1. The number of fused-ring (bicyclic) bond motifs is 5. The van der Waals surface area contributed by atoms with Crippen LogP contribution in [0.15, 0.2) is 23.4 Å². The van der Waals surface area contributed by atoms with Gasteiger partial charge in [0, 0.05) is 6.20 Å². The highest BCUT2D eigenvalue weighted by molar-refractivity contribution is 8.60. The number of nitrogens with one attached hydrogen (secondary N) is 1. The van der Waals surface area contributed by atoms with Crippen molar-refractivity contribution in [3.8, 4) is 0 Å². The molecule has 3 aliphatic heterocycles. The van der Waals surface area contributed by atoms with Crippen LogP contribution in [-0.4, -0.2) is 89.5 Å². The number of aromatic nitrogens is 8. The van der Waals surface area contributed by atoms with Gasteiger partial charge in [-0.3, -0.25) is 14.3 Å². The first-order chi connectivity index (χ1) is 21.3. The Balaban J connectivity index is 1.21. The summed E-state index contributed by atoms with van der Waals surface area (Å²) in [4.78, 5) is 27.1. The molecule has 17 nitrogen and oxygen atoms in total. The predicted molar refractivity (Wildman–Crippen MR) is 168 cm³/mol. The SMILES string of the molecule is Nc1nc2c(nnn2[C@@H]2O[C@@H]3COP(=S)(S)O[C@H]4[C@H](F)[C@H](n5cnc6c(N)ccnc65)O[C@@H]4COP(=S)(S)O[C@@H]2[C@@H]3F)c(=O)[nH]1. The van der Waals surface area contributed by atoms with Gasteiger partial charge in [0.15, 0.2) is 41.6 Å². The molecule has 7 rings (SSSR count). The van der Waals surface area contributed by atoms with Crippen LogP contribution in [0, 0.1) is 0 Å². The minimum absolute atomic E-state index is 0.105. The molecular weight excluding hydrogens is 720 g/mol. The standard InChI is InChI=1S/C20H22F2N10O7P2S4/c21-9-7-3-34-40(42,43)38-13-8(37-18(10(13)22)31-5-26-11-6(23)1-2-25-15(11)31)4-35-41(44,45)39-14(9)19(36-7)32-16-12(29-30-32)17(33)28-20(24)27-16/h1-2,5,7-10,13-14,18-19H,3-4H2,(H2,23,25)(H,42,43)(H,44,45)(H3,24,27,28,33)/t7-,8-,9-,10+,13-,14-,18-,19-/m1/s1. The van der Waals surface area contributed by atoms with Crippen LogP contribution in [0.4, 0.5) is 20.4 Å². The highest BCUT2D eigenvalue weighted by Crippen LogP contribution is 2.61. The lowest BCUT2D eigenvalue weighted by molar-refractivity contribution is -0.0565. The fourth-order valence-electron chi connectivity index (χ4n) is 5.19. The summed E-state index contributed by atoms with van der Waals surface area (Å²) in [5, 5.41) is 7.72. The van der Waals surface area contributed by atoms with Crippen LogP contribution in [-0.2, 0) is 51.2 Å². The predicted octanol–water partition coefficient (Wildman–Crippen LogP) is 1.72. The van der Waals surface area contributed by atoms with Crippen LogP contribution in [0.1, 0.15) is 12.5 Å². The minimum atomic E-state index is -3.63. The number of thiol groups is 2. The Bertz CT molecular complexity index is 1950. The first kappa shape index (κ1) is 31.7. The summed E-state index contributed by atoms with van der Waals surface area (Å²) in [5.74, 6) is -0.237. The van der Waals surface area contributed by atoms with Crippen LogP contribution < -0.4 is 17.0 Å². The number of H-pyrrole nitrogens is 1. The Morgan fingerprint density at radius 1 is 0.956 bits per heavy atom. The molecule has 0 aromatic carbocycles. The summed E-state index contributed by atoms with van der Waals surface area (Å²) in [7, 11) is 0. The van der Waals surface area contributed by atoms with E-state index in [-0.39, 0.29) is 22.8 Å². The maximum Gasteiger partial charge on any atom is 0.282 e. The van der Waals surface area contributed by atoms with E-state index >= 15 is 8.78 Å². The zero-order valence-corrected chi connectivity index (χ0v) is 27.5. The van der Waals surface area contributed by atoms with Crippen molar-refractivity contribution in [3.63, 3.8) is 0 Å². The maximum atomic E-state index is 16.1. The number of pyridine rings is 1. The van der Waals surface area contributed by atoms with Crippen LogP contribution in [0.3, 0.4) is 0 Å². The maximum absolute atomic E-state index is 16.1. The number of halogens is 2. The number of ether oxygens (including phenoxy) is 2. The number of hydrogen-bond acceptors (Lipinski definition) is 16. The number of aromatic amines is 1. The monoisotopic (exact) mass is 742 g/mol. The molecule has 0 amide bonds. The molecule has 0 aliphatic carbocycles. The number of nitrogens with two attached hydrogens (primary N) is 2. The molecule has 45 heavy (non-hydrogen) atoms. The van der Waals surface area contributed by atoms with Gasteiger partial charge in [-0.1, -0.05) is 29.7 Å². The van der Waals surface area contributed by atoms with E-state index in [4.69, 9.17) is 62.6 Å². The molecule has 3 fully saturated rings. The summed E-state index contributed by atoms with van der Waals surface area (Å²) in [6.45, 7) is -0.905. The topological polar surface area (TPSA) is 215 Å². The Morgan fingerprint density at radius 2 is 1.64 bits per heavy atom. The molecule has 0 saturated carbocycles. The summed E-state index contributed by atoms with van der Waals surface area (Å²) < 4.78 is 69.8. The van der Waals surface area contributed by atoms with Crippen molar-refractivity contribution in [3.05, 3.63) is 28.9 Å². The number of rotatable bonds is 2. The van der Waals surface area contributed by atoms with Crippen LogP contribution in [0.25, 0.3) is 22.3 Å². The Hall–Kier alpha value is -1.88. The van der Waals surface area contributed by atoms with E-state index in [1.165, 1.54) is 17.1 Å². The largest absolute Gasteiger partial charge is 0.397 e. The van der Waals surface area contributed by atoms with Gasteiger partial charge in [-0.2, -0.15) is 9.67 Å². The molecule has 25 heteroatoms. The van der Waals surface area contributed by atoms with Crippen molar-refractivity contribution >= 4 is 93.5 Å². The Kier molecular flexibility index (Phi) is 8.22. The van der Waals surface area contributed by atoms with Gasteiger partial charge in [0.25, 0.3) is 5.56 Å². The lowest BCUT2D eigenvalue weighted by atomic mass is 10.1. The fraction of sp³-hybridized carbons (Fsp3) is 0.500. The third-order valence-electron chi connectivity index (χ3n) is 7.21. The number of nitrogens with zero attached hydrogens (tertiary/aromatic N) is 7. The van der Waals surface area contributed by atoms with Gasteiger partial charge < -0.3 is 39.0 Å². The quantitative estimate of drug-likeness (QED) is 0.146. The van der Waals surface area contributed by atoms with E-state index in [1.54, 1.807) is 6.07 Å². The second kappa shape index (κ2) is 11.7. The molecular formula is C20H22F2N10O7P2S4. The Labute approximate surface area is 271 Å². The number of nitrogen functional groups attached to an aromatic ring is 2. The summed E-state index contributed by atoms with van der Waals surface area (Å²) in [5.41, 5.74) is 4.48. The smallest absolute Gasteiger partial charge is 0.282 e. The third kappa shape index (κ3) is 5.80. The number of anilines is 2. The molecule has 3 aliphatic rings. The highest BCUT2D eigenvalue weighted by atomic mass is 32.9. The van der Waals surface area contributed by atoms with Gasteiger partial charge in [-0.25, -0.2) is 18.7 Å². The van der Waals surface area contributed by atoms with Crippen molar-refractivity contribution < 1.29 is 36.3 Å². The minimum Gasteiger partial charge on any atom is -0.397 e. The zero-order valence-electron chi connectivity index (χ0n) is 22.3. The molecule has 2 bridgehead atoms. The number of alkyl halides is 2. The van der Waals surface area contributed by atoms with E-state index in [0.717, 1.165) is 4.68 Å². The van der Waals surface area contributed by atoms with E-state index in [9.17, 15) is 4.79 Å². The van der Waals surface area contributed by atoms with E-state index < -0.39 is 79.4 Å². The lowest BCUT2D eigenvalue weighted by Gasteiger charge is -2.28. The van der Waals surface area contributed by atoms with Crippen molar-refractivity contribution in [2.75, 3.05) is 24.7 Å².